The van der Waals surface area contributed by atoms with Gasteiger partial charge in [-0.3, -0.25) is 0 Å². The van der Waals surface area contributed by atoms with Crippen molar-refractivity contribution in [2.45, 2.75) is 57.0 Å². The normalized spacial score (nSPS) is 20.1. The fraction of sp³-hybridized carbons (Fsp3) is 0.391. The Labute approximate surface area is 174 Å². The summed E-state index contributed by atoms with van der Waals surface area (Å²) in [6, 6.07) is 14.5. The topological polar surface area (TPSA) is 90.0 Å². The molecule has 1 atom stereocenters. The van der Waals surface area contributed by atoms with Gasteiger partial charge in [0.2, 0.25) is 0 Å². The number of halogens is 1. The molecule has 4 rings (SSSR count). The van der Waals surface area contributed by atoms with E-state index in [0.29, 0.717) is 30.7 Å². The van der Waals surface area contributed by atoms with Gasteiger partial charge in [0.1, 0.15) is 12.5 Å². The number of alkyl halides is 1. The second-order valence-corrected chi connectivity index (χ2v) is 7.97. The third-order valence-corrected chi connectivity index (χ3v) is 5.69. The van der Waals surface area contributed by atoms with E-state index in [-0.39, 0.29) is 24.2 Å². The summed E-state index contributed by atoms with van der Waals surface area (Å²) in [5.74, 6) is 0.681. The van der Waals surface area contributed by atoms with Crippen LogP contribution in [0, 0.1) is 0 Å². The molecule has 30 heavy (non-hydrogen) atoms. The molecule has 1 aliphatic carbocycles. The molecule has 2 amide bonds. The molecule has 3 aromatic rings. The number of rotatable bonds is 6. The van der Waals surface area contributed by atoms with Crippen molar-refractivity contribution in [1.29, 1.82) is 0 Å². The van der Waals surface area contributed by atoms with Crippen LogP contribution in [0.5, 0.6) is 0 Å². The van der Waals surface area contributed by atoms with Crippen molar-refractivity contribution in [3.63, 3.8) is 0 Å². The van der Waals surface area contributed by atoms with Crippen LogP contribution in [0.15, 0.2) is 48.5 Å². The van der Waals surface area contributed by atoms with Crippen molar-refractivity contribution in [3.8, 4) is 0 Å². The van der Waals surface area contributed by atoms with Gasteiger partial charge in [-0.25, -0.2) is 14.2 Å². The van der Waals surface area contributed by atoms with Crippen molar-refractivity contribution in [3.05, 3.63) is 65.5 Å². The molecular formula is C23H27FN4O2. The molecule has 7 heteroatoms. The van der Waals surface area contributed by atoms with E-state index in [0.717, 1.165) is 29.4 Å². The Kier molecular flexibility index (Phi) is 6.28. The van der Waals surface area contributed by atoms with Crippen LogP contribution in [0.4, 0.5) is 9.18 Å². The predicted molar refractivity (Wildman–Crippen MR) is 114 cm³/mol. The number of fused-ring (bicyclic) bond motifs is 1. The van der Waals surface area contributed by atoms with Crippen LogP contribution in [0.25, 0.3) is 11.0 Å². The zero-order chi connectivity index (χ0) is 20.9. The van der Waals surface area contributed by atoms with Crippen LogP contribution in [0.3, 0.4) is 0 Å². The van der Waals surface area contributed by atoms with E-state index >= 15 is 0 Å². The molecular weight excluding hydrogens is 383 g/mol. The number of benzene rings is 2. The van der Waals surface area contributed by atoms with Crippen molar-refractivity contribution < 1.29 is 14.3 Å². The van der Waals surface area contributed by atoms with Gasteiger partial charge < -0.3 is 20.7 Å². The molecule has 6 nitrogen and oxygen atoms in total. The van der Waals surface area contributed by atoms with Gasteiger partial charge in [-0.2, -0.15) is 0 Å². The summed E-state index contributed by atoms with van der Waals surface area (Å²) < 4.78 is 12.8. The SMILES string of the molecule is O=C(N[C@H](Cc1ccc(CF)cc1)c1nc2ccccc2[nH]1)N[C@H]1CC[C@H](O)CC1. The number of aromatic nitrogens is 2. The number of para-hydroxylation sites is 2. The van der Waals surface area contributed by atoms with Crippen molar-refractivity contribution in [2.24, 2.45) is 0 Å². The van der Waals surface area contributed by atoms with Crippen molar-refractivity contribution in [2.75, 3.05) is 0 Å². The number of amides is 2. The summed E-state index contributed by atoms with van der Waals surface area (Å²) in [5, 5.41) is 15.7. The highest BCUT2D eigenvalue weighted by atomic mass is 19.1. The van der Waals surface area contributed by atoms with Crippen LogP contribution >= 0.6 is 0 Å². The maximum absolute atomic E-state index is 12.8. The van der Waals surface area contributed by atoms with E-state index in [2.05, 4.69) is 20.6 Å². The molecule has 1 aromatic heterocycles. The number of nitrogens with one attached hydrogen (secondary N) is 3. The average molecular weight is 410 g/mol. The largest absolute Gasteiger partial charge is 0.393 e. The lowest BCUT2D eigenvalue weighted by atomic mass is 9.93. The van der Waals surface area contributed by atoms with Crippen LogP contribution in [-0.4, -0.2) is 33.3 Å². The molecule has 0 aliphatic heterocycles. The Morgan fingerprint density at radius 3 is 2.50 bits per heavy atom. The maximum Gasteiger partial charge on any atom is 0.315 e. The predicted octanol–water partition coefficient (Wildman–Crippen LogP) is 3.92. The fourth-order valence-electron chi connectivity index (χ4n) is 3.96. The molecule has 2 aromatic carbocycles. The van der Waals surface area contributed by atoms with Gasteiger partial charge in [0.05, 0.1) is 23.2 Å². The van der Waals surface area contributed by atoms with E-state index in [1.807, 2.05) is 36.4 Å². The number of urea groups is 1. The average Bonchev–Trinajstić information content (AvgIpc) is 3.20. The monoisotopic (exact) mass is 410 g/mol. The zero-order valence-electron chi connectivity index (χ0n) is 16.8. The van der Waals surface area contributed by atoms with E-state index in [1.54, 1.807) is 12.1 Å². The number of aliphatic hydroxyl groups is 1. The number of hydrogen-bond acceptors (Lipinski definition) is 3. The fourth-order valence-corrected chi connectivity index (χ4v) is 3.96. The highest BCUT2D eigenvalue weighted by molar-refractivity contribution is 5.76. The van der Waals surface area contributed by atoms with Crippen molar-refractivity contribution in [1.82, 2.24) is 20.6 Å². The minimum atomic E-state index is -0.496. The van der Waals surface area contributed by atoms with E-state index in [1.165, 1.54) is 0 Å². The van der Waals surface area contributed by atoms with E-state index in [9.17, 15) is 14.3 Å². The van der Waals surface area contributed by atoms with Crippen LogP contribution in [0.1, 0.15) is 48.7 Å². The first-order valence-electron chi connectivity index (χ1n) is 10.4. The van der Waals surface area contributed by atoms with Gasteiger partial charge in [0.15, 0.2) is 0 Å². The molecule has 0 saturated heterocycles. The Morgan fingerprint density at radius 1 is 1.10 bits per heavy atom. The van der Waals surface area contributed by atoms with E-state index in [4.69, 9.17) is 0 Å². The lowest BCUT2D eigenvalue weighted by Gasteiger charge is -2.27. The van der Waals surface area contributed by atoms with Crippen LogP contribution < -0.4 is 10.6 Å². The minimum absolute atomic E-state index is 0.0635. The van der Waals surface area contributed by atoms with Crippen LogP contribution in [0.2, 0.25) is 0 Å². The van der Waals surface area contributed by atoms with Gasteiger partial charge in [0.25, 0.3) is 0 Å². The summed E-state index contributed by atoms with van der Waals surface area (Å²) in [5.41, 5.74) is 3.37. The summed E-state index contributed by atoms with van der Waals surface area (Å²) >= 11 is 0. The highest BCUT2D eigenvalue weighted by Crippen LogP contribution is 2.21. The second kappa shape index (κ2) is 9.26. The maximum atomic E-state index is 12.8. The summed E-state index contributed by atoms with van der Waals surface area (Å²) in [4.78, 5) is 20.7. The number of imidazole rings is 1. The number of aromatic amines is 1. The summed E-state index contributed by atoms with van der Waals surface area (Å²) in [7, 11) is 0. The molecule has 0 unspecified atom stereocenters. The third kappa shape index (κ3) is 4.97. The first kappa shape index (κ1) is 20.3. The number of aliphatic hydroxyl groups excluding tert-OH is 1. The second-order valence-electron chi connectivity index (χ2n) is 7.97. The Hall–Kier alpha value is -2.93. The van der Waals surface area contributed by atoms with Gasteiger partial charge >= 0.3 is 6.03 Å². The number of carbonyl (C=O) groups is 1. The van der Waals surface area contributed by atoms with Gasteiger partial charge in [-0.05, 0) is 55.4 Å². The lowest BCUT2D eigenvalue weighted by Crippen LogP contribution is -2.45. The molecule has 0 bridgehead atoms. The van der Waals surface area contributed by atoms with Crippen molar-refractivity contribution >= 4 is 17.1 Å². The molecule has 158 valence electrons. The lowest BCUT2D eigenvalue weighted by molar-refractivity contribution is 0.117. The van der Waals surface area contributed by atoms with Gasteiger partial charge in [0, 0.05) is 6.04 Å². The van der Waals surface area contributed by atoms with E-state index < -0.39 is 6.67 Å². The minimum Gasteiger partial charge on any atom is -0.393 e. The number of carbonyl (C=O) groups excluding carboxylic acids is 1. The molecule has 0 spiro atoms. The number of nitrogens with zero attached hydrogens (tertiary/aromatic N) is 1. The molecule has 1 heterocycles. The standard InChI is InChI=1S/C23H27FN4O2/c24-14-16-7-5-15(6-8-16)13-21(22-26-19-3-1-2-4-20(19)27-22)28-23(30)25-17-9-11-18(29)12-10-17/h1-8,17-18,21,29H,9-14H2,(H,26,27)(H2,25,28,30)/t17-,18-,21-/m1/s1. The summed E-state index contributed by atoms with van der Waals surface area (Å²) in [6.45, 7) is -0.496. The molecule has 1 saturated carbocycles. The van der Waals surface area contributed by atoms with Gasteiger partial charge in [-0.15, -0.1) is 0 Å². The first-order valence-corrected chi connectivity index (χ1v) is 10.4. The molecule has 4 N–H and O–H groups in total. The Balaban J connectivity index is 1.50. The van der Waals surface area contributed by atoms with Gasteiger partial charge in [-0.1, -0.05) is 36.4 Å². The quantitative estimate of drug-likeness (QED) is 0.497. The number of hydrogen-bond donors (Lipinski definition) is 4. The summed E-state index contributed by atoms with van der Waals surface area (Å²) in [6.07, 6.45) is 3.23. The molecule has 0 radical (unpaired) electrons. The molecule has 1 fully saturated rings. The third-order valence-electron chi connectivity index (χ3n) is 5.69. The first-order chi connectivity index (χ1) is 14.6. The molecule has 1 aliphatic rings. The highest BCUT2D eigenvalue weighted by Gasteiger charge is 2.23. The number of H-pyrrole nitrogens is 1. The Morgan fingerprint density at radius 2 is 1.80 bits per heavy atom. The smallest absolute Gasteiger partial charge is 0.315 e. The van der Waals surface area contributed by atoms with Crippen LogP contribution in [-0.2, 0) is 13.1 Å². The Bertz CT molecular complexity index is 947. The zero-order valence-corrected chi connectivity index (χ0v) is 16.8.